The minimum atomic E-state index is -1.73. The first kappa shape index (κ1) is 41.7. The summed E-state index contributed by atoms with van der Waals surface area (Å²) in [6.07, 6.45) is -9.89. The van der Waals surface area contributed by atoms with E-state index in [1.54, 1.807) is 19.9 Å². The number of nitrogen functional groups attached to an aromatic ring is 2. The van der Waals surface area contributed by atoms with Crippen molar-refractivity contribution in [2.24, 2.45) is 0 Å². The molecule has 0 aliphatic carbocycles. The van der Waals surface area contributed by atoms with E-state index in [4.69, 9.17) is 41.0 Å². The Morgan fingerprint density at radius 1 is 0.695 bits per heavy atom. The summed E-state index contributed by atoms with van der Waals surface area (Å²) < 4.78 is 62.0. The first-order chi connectivity index (χ1) is 28.2. The van der Waals surface area contributed by atoms with Gasteiger partial charge in [-0.25, -0.2) is 46.7 Å². The van der Waals surface area contributed by atoms with E-state index in [-0.39, 0.29) is 17.2 Å². The van der Waals surface area contributed by atoms with Crippen LogP contribution in [-0.2, 0) is 14.2 Å². The fraction of sp³-hybridized carbons (Fsp3) is 0.515. The summed E-state index contributed by atoms with van der Waals surface area (Å²) in [4.78, 5) is 30.1. The van der Waals surface area contributed by atoms with Crippen molar-refractivity contribution >= 4 is 28.4 Å². The second-order valence-electron chi connectivity index (χ2n) is 13.8. The number of aromatic nitrogens is 11. The normalized spacial score (nSPS) is 30.5. The molecule has 0 amide bonds. The molecule has 23 nitrogen and oxygen atoms in total. The number of imidazole rings is 3. The number of hydrogen-bond donors (Lipinski definition) is 9. The van der Waals surface area contributed by atoms with Gasteiger partial charge in [-0.1, -0.05) is 0 Å². The van der Waals surface area contributed by atoms with Crippen LogP contribution in [-0.4, -0.2) is 159 Å². The Kier molecular flexibility index (Phi) is 11.8. The zero-order chi connectivity index (χ0) is 42.4. The van der Waals surface area contributed by atoms with Crippen LogP contribution in [0, 0.1) is 13.8 Å². The SMILES string of the molecule is Cc1nc(N)c2ncc([C@@H]3O[C@H](CO)[C@@H](O)[C@H]3F)n2n1.Cc1nn2c([C@@H]3O[C@H](CO)[C@@H](O)[C@H]3F)cnc2c(=O)[nH]1.Nc1ccnn2c([C@@H]3O[C@H](CO)[C@@H](O)[C@H]3F)cnc12. The molecule has 0 aromatic carbocycles. The molecule has 0 spiro atoms. The number of halogens is 3. The third kappa shape index (κ3) is 7.53. The average molecular weight is 836 g/mol. The molecule has 0 bridgehead atoms. The molecule has 0 radical (unpaired) electrons. The number of nitrogens with zero attached hydrogens (tertiary/aromatic N) is 10. The molecule has 6 aromatic heterocycles. The number of fused-ring (bicyclic) bond motifs is 3. The number of ether oxygens (including phenoxy) is 3. The quantitative estimate of drug-likeness (QED) is 0.0833. The first-order valence-corrected chi connectivity index (χ1v) is 17.9. The van der Waals surface area contributed by atoms with Gasteiger partial charge in [0.1, 0.15) is 66.6 Å². The second kappa shape index (κ2) is 16.7. The molecule has 0 saturated carbocycles. The number of hydrogen-bond acceptors (Lipinski definition) is 19. The van der Waals surface area contributed by atoms with Crippen LogP contribution in [0.25, 0.3) is 16.9 Å². The van der Waals surface area contributed by atoms with Crippen LogP contribution in [0.5, 0.6) is 0 Å². The minimum Gasteiger partial charge on any atom is -0.396 e. The largest absolute Gasteiger partial charge is 0.396 e. The molecule has 3 aliphatic rings. The number of anilines is 2. The molecule has 59 heavy (non-hydrogen) atoms. The number of nitrogens with two attached hydrogens (primary N) is 2. The summed E-state index contributed by atoms with van der Waals surface area (Å²) in [5, 5.41) is 68.2. The monoisotopic (exact) mass is 835 g/mol. The topological polar surface area (TPSA) is 337 Å². The molecule has 12 atom stereocenters. The molecule has 3 fully saturated rings. The third-order valence-electron chi connectivity index (χ3n) is 9.86. The van der Waals surface area contributed by atoms with E-state index >= 15 is 0 Å². The molecule has 6 aromatic rings. The lowest BCUT2D eigenvalue weighted by Gasteiger charge is -2.12. The van der Waals surface area contributed by atoms with Gasteiger partial charge in [0.2, 0.25) is 5.65 Å². The van der Waals surface area contributed by atoms with Crippen LogP contribution in [0.15, 0.2) is 35.6 Å². The van der Waals surface area contributed by atoms with Gasteiger partial charge in [-0.2, -0.15) is 15.3 Å². The van der Waals surface area contributed by atoms with Gasteiger partial charge in [0.05, 0.1) is 67.4 Å². The van der Waals surface area contributed by atoms with Gasteiger partial charge in [0.25, 0.3) is 5.56 Å². The highest BCUT2D eigenvalue weighted by Crippen LogP contribution is 2.38. The van der Waals surface area contributed by atoms with Gasteiger partial charge in [-0.3, -0.25) is 4.79 Å². The van der Waals surface area contributed by atoms with Crippen LogP contribution in [0.3, 0.4) is 0 Å². The maximum atomic E-state index is 14.1. The lowest BCUT2D eigenvalue weighted by atomic mass is 10.1. The number of H-pyrrole nitrogens is 1. The van der Waals surface area contributed by atoms with Gasteiger partial charge >= 0.3 is 0 Å². The zero-order valence-electron chi connectivity index (χ0n) is 31.0. The minimum absolute atomic E-state index is 0.0170. The van der Waals surface area contributed by atoms with Crippen LogP contribution < -0.4 is 17.0 Å². The standard InChI is InChI=1S/C11H14FN5O3.C11H13FN4O4.C11H13FN4O3/c1-4-15-10(13)11-14-2-5(17(11)16-4)9-7(12)8(19)6(3-18)20-9;1-4-14-11(19)10-13-2-5(16(10)15-4)9-7(12)8(18)6(3-17)20-9;12-8-9(18)7(4-17)19-10(8)6-3-14-11-5(13)1-2-15-16(6)11/h2,6-9,18-19H,3H2,1H3,(H2,13,15,16);2,6-9,17-18H,3H2,1H3,(H,14,15,19);1-3,7-10,17-18H,4,13H2/t2*6-,7-,8-,9+;7-,8-,9-,10+/m111/s1. The Labute approximate surface area is 328 Å². The summed E-state index contributed by atoms with van der Waals surface area (Å²) in [6, 6.07) is 1.58. The van der Waals surface area contributed by atoms with Gasteiger partial charge < -0.3 is 61.3 Å². The highest BCUT2D eigenvalue weighted by molar-refractivity contribution is 5.63. The second-order valence-corrected chi connectivity index (χ2v) is 13.8. The average Bonchev–Trinajstić information content (AvgIpc) is 4.07. The van der Waals surface area contributed by atoms with Crippen molar-refractivity contribution in [1.82, 2.24) is 53.8 Å². The summed E-state index contributed by atoms with van der Waals surface area (Å²) in [7, 11) is 0. The van der Waals surface area contributed by atoms with Crippen molar-refractivity contribution in [3.8, 4) is 0 Å². The molecule has 3 saturated heterocycles. The van der Waals surface area contributed by atoms with Crippen molar-refractivity contribution in [3.05, 3.63) is 69.9 Å². The van der Waals surface area contributed by atoms with Crippen LogP contribution in [0.1, 0.15) is 47.0 Å². The number of aryl methyl sites for hydroxylation is 2. The summed E-state index contributed by atoms with van der Waals surface area (Å²) >= 11 is 0. The van der Waals surface area contributed by atoms with Gasteiger partial charge in [0.15, 0.2) is 35.6 Å². The molecule has 11 N–H and O–H groups in total. The van der Waals surface area contributed by atoms with Crippen LogP contribution >= 0.6 is 0 Å². The van der Waals surface area contributed by atoms with Crippen molar-refractivity contribution < 1.29 is 58.0 Å². The number of aliphatic hydroxyl groups is 6. The fourth-order valence-electron chi connectivity index (χ4n) is 6.89. The van der Waals surface area contributed by atoms with Crippen molar-refractivity contribution in [1.29, 1.82) is 0 Å². The lowest BCUT2D eigenvalue weighted by molar-refractivity contribution is -0.0241. The molecule has 3 aliphatic heterocycles. The molecular weight excluding hydrogens is 795 g/mol. The first-order valence-electron chi connectivity index (χ1n) is 17.9. The van der Waals surface area contributed by atoms with E-state index in [0.717, 1.165) is 0 Å². The smallest absolute Gasteiger partial charge is 0.294 e. The molecule has 0 unspecified atom stereocenters. The van der Waals surface area contributed by atoms with Gasteiger partial charge in [0, 0.05) is 0 Å². The predicted molar refractivity (Wildman–Crippen MR) is 192 cm³/mol. The third-order valence-corrected chi connectivity index (χ3v) is 9.86. The van der Waals surface area contributed by atoms with E-state index < -0.39 is 98.8 Å². The molecule has 318 valence electrons. The van der Waals surface area contributed by atoms with E-state index in [9.17, 15) is 33.3 Å². The number of nitrogens with one attached hydrogen (secondary N) is 1. The lowest BCUT2D eigenvalue weighted by Crippen LogP contribution is -2.30. The summed E-state index contributed by atoms with van der Waals surface area (Å²) in [5.41, 5.74) is 13.0. The van der Waals surface area contributed by atoms with E-state index in [1.807, 2.05) is 0 Å². The zero-order valence-corrected chi connectivity index (χ0v) is 31.0. The van der Waals surface area contributed by atoms with Gasteiger partial charge in [-0.15, -0.1) is 0 Å². The van der Waals surface area contributed by atoms with Crippen molar-refractivity contribution in [2.45, 2.75) is 87.3 Å². The van der Waals surface area contributed by atoms with Crippen molar-refractivity contribution in [2.75, 3.05) is 31.3 Å². The summed E-state index contributed by atoms with van der Waals surface area (Å²) in [5.74, 6) is 0.924. The molecular formula is C33H40F3N13O10. The highest BCUT2D eigenvalue weighted by Gasteiger charge is 2.48. The fourth-order valence-corrected chi connectivity index (χ4v) is 6.89. The molecule has 9 rings (SSSR count). The number of rotatable bonds is 6. The Morgan fingerprint density at radius 2 is 1.14 bits per heavy atom. The maximum absolute atomic E-state index is 14.1. The predicted octanol–water partition coefficient (Wildman–Crippen LogP) is -2.55. The number of aliphatic hydroxyl groups excluding tert-OH is 6. The van der Waals surface area contributed by atoms with Crippen LogP contribution in [0.2, 0.25) is 0 Å². The molecule has 9 heterocycles. The number of aromatic amines is 1. The van der Waals surface area contributed by atoms with E-state index in [1.165, 1.54) is 38.3 Å². The van der Waals surface area contributed by atoms with E-state index in [2.05, 4.69) is 40.2 Å². The Morgan fingerprint density at radius 3 is 1.61 bits per heavy atom. The number of alkyl halides is 3. The highest BCUT2D eigenvalue weighted by atomic mass is 19.1. The Hall–Kier alpha value is -5.45. The van der Waals surface area contributed by atoms with Crippen molar-refractivity contribution in [3.63, 3.8) is 0 Å². The van der Waals surface area contributed by atoms with Crippen LogP contribution in [0.4, 0.5) is 24.7 Å². The summed E-state index contributed by atoms with van der Waals surface area (Å²) in [6.45, 7) is 1.81. The Bertz CT molecular complexity index is 2490. The molecule has 26 heteroatoms. The maximum Gasteiger partial charge on any atom is 0.294 e. The Balaban J connectivity index is 0.000000134. The van der Waals surface area contributed by atoms with Gasteiger partial charge in [-0.05, 0) is 19.9 Å². The van der Waals surface area contributed by atoms with E-state index in [0.29, 0.717) is 40.0 Å².